The summed E-state index contributed by atoms with van der Waals surface area (Å²) in [6.45, 7) is 1.08. The summed E-state index contributed by atoms with van der Waals surface area (Å²) >= 11 is 1.46. The van der Waals surface area contributed by atoms with Crippen LogP contribution >= 0.6 is 11.3 Å². The molecule has 0 bridgehead atoms. The van der Waals surface area contributed by atoms with Crippen molar-refractivity contribution in [3.63, 3.8) is 0 Å². The molecule has 2 heterocycles. The molecule has 1 atom stereocenters. The Bertz CT molecular complexity index is 515. The molecule has 1 fully saturated rings. The van der Waals surface area contributed by atoms with Crippen LogP contribution in [-0.4, -0.2) is 41.7 Å². The Balaban J connectivity index is 2.14. The van der Waals surface area contributed by atoms with Crippen molar-refractivity contribution in [1.29, 1.82) is 0 Å². The normalized spacial score (nSPS) is 19.1. The molecule has 108 valence electrons. The number of nitrogens with zero attached hydrogens (tertiary/aromatic N) is 1. The van der Waals surface area contributed by atoms with Crippen molar-refractivity contribution in [3.05, 3.63) is 21.9 Å². The van der Waals surface area contributed by atoms with E-state index in [9.17, 15) is 9.90 Å². The molecule has 5 heteroatoms. The summed E-state index contributed by atoms with van der Waals surface area (Å²) in [4.78, 5) is 15.2. The van der Waals surface area contributed by atoms with Crippen molar-refractivity contribution < 1.29 is 9.90 Å². The van der Waals surface area contributed by atoms with Crippen molar-refractivity contribution >= 4 is 17.2 Å². The first-order valence-corrected chi connectivity index (χ1v) is 7.83. The molecule has 0 aliphatic carbocycles. The average Bonchev–Trinajstić information content (AvgIpc) is 2.81. The third-order valence-electron chi connectivity index (χ3n) is 3.51. The zero-order valence-corrected chi connectivity index (χ0v) is 12.3. The molecular formula is C15H20N2O2S. The Hall–Kier alpha value is -1.35. The number of aliphatic hydroxyl groups is 1. The molecule has 20 heavy (non-hydrogen) atoms. The molecule has 1 aromatic heterocycles. The summed E-state index contributed by atoms with van der Waals surface area (Å²) < 4.78 is 0. The zero-order chi connectivity index (χ0) is 14.4. The van der Waals surface area contributed by atoms with E-state index in [4.69, 9.17) is 5.73 Å². The first-order valence-electron chi connectivity index (χ1n) is 6.95. The number of hydrogen-bond acceptors (Lipinski definition) is 4. The molecule has 1 saturated heterocycles. The van der Waals surface area contributed by atoms with Gasteiger partial charge in [0.05, 0.1) is 29.6 Å². The number of nitrogens with two attached hydrogens (primary N) is 1. The summed E-state index contributed by atoms with van der Waals surface area (Å²) in [7, 11) is 0. The van der Waals surface area contributed by atoms with Gasteiger partial charge in [-0.2, -0.15) is 0 Å². The van der Waals surface area contributed by atoms with Crippen LogP contribution in [0.3, 0.4) is 0 Å². The fourth-order valence-corrected chi connectivity index (χ4v) is 3.20. The molecule has 1 aliphatic heterocycles. The molecule has 1 aromatic rings. The van der Waals surface area contributed by atoms with Gasteiger partial charge in [0.15, 0.2) is 0 Å². The lowest BCUT2D eigenvalue weighted by molar-refractivity contribution is 0.0600. The number of likely N-dealkylation sites (tertiary alicyclic amines) is 1. The quantitative estimate of drug-likeness (QED) is 0.811. The highest BCUT2D eigenvalue weighted by molar-refractivity contribution is 7.10. The standard InChI is InChI=1S/C15H20N2O2S/c16-7-4-6-14-9-12(11-20-14)15(19)17-8-3-1-2-5-13(17)10-18/h9,11,13,18H,1-3,5,7-8,10,16H2. The lowest BCUT2D eigenvalue weighted by atomic mass is 10.1. The largest absolute Gasteiger partial charge is 0.394 e. The Kier molecular flexibility index (Phi) is 5.60. The number of carbonyl (C=O) groups excluding carboxylic acids is 1. The summed E-state index contributed by atoms with van der Waals surface area (Å²) in [6, 6.07) is 1.76. The fraction of sp³-hybridized carbons (Fsp3) is 0.533. The van der Waals surface area contributed by atoms with E-state index in [0.717, 1.165) is 37.1 Å². The van der Waals surface area contributed by atoms with Crippen LogP contribution in [0.15, 0.2) is 11.4 Å². The minimum absolute atomic E-state index is 0.00278. The Morgan fingerprint density at radius 1 is 1.50 bits per heavy atom. The second-order valence-corrected chi connectivity index (χ2v) is 5.80. The smallest absolute Gasteiger partial charge is 0.255 e. The van der Waals surface area contributed by atoms with Gasteiger partial charge in [-0.05, 0) is 18.9 Å². The van der Waals surface area contributed by atoms with Crippen LogP contribution in [0.4, 0.5) is 0 Å². The molecule has 1 aliphatic rings. The van der Waals surface area contributed by atoms with Gasteiger partial charge in [-0.3, -0.25) is 4.79 Å². The number of carbonyl (C=O) groups is 1. The predicted molar refractivity (Wildman–Crippen MR) is 80.6 cm³/mol. The van der Waals surface area contributed by atoms with Crippen molar-refractivity contribution in [2.24, 2.45) is 5.73 Å². The summed E-state index contributed by atoms with van der Waals surface area (Å²) in [5, 5.41) is 11.3. The van der Waals surface area contributed by atoms with Crippen molar-refractivity contribution in [3.8, 4) is 11.8 Å². The minimum Gasteiger partial charge on any atom is -0.394 e. The molecular weight excluding hydrogens is 272 g/mol. The summed E-state index contributed by atoms with van der Waals surface area (Å²) in [5.41, 5.74) is 6.01. The lowest BCUT2D eigenvalue weighted by Crippen LogP contribution is -2.41. The summed E-state index contributed by atoms with van der Waals surface area (Å²) in [6.07, 6.45) is 4.08. The molecule has 1 amide bonds. The molecule has 4 nitrogen and oxygen atoms in total. The van der Waals surface area contributed by atoms with Crippen LogP contribution < -0.4 is 5.73 Å². The van der Waals surface area contributed by atoms with Gasteiger partial charge in [0.25, 0.3) is 5.91 Å². The van der Waals surface area contributed by atoms with Gasteiger partial charge in [-0.25, -0.2) is 0 Å². The topological polar surface area (TPSA) is 66.6 Å². The third-order valence-corrected chi connectivity index (χ3v) is 4.35. The second kappa shape index (κ2) is 7.44. The van der Waals surface area contributed by atoms with E-state index in [0.29, 0.717) is 12.1 Å². The van der Waals surface area contributed by atoms with E-state index in [-0.39, 0.29) is 18.6 Å². The molecule has 0 spiro atoms. The zero-order valence-electron chi connectivity index (χ0n) is 11.5. The van der Waals surface area contributed by atoms with Gasteiger partial charge in [0.2, 0.25) is 0 Å². The van der Waals surface area contributed by atoms with Gasteiger partial charge in [-0.15, -0.1) is 11.3 Å². The van der Waals surface area contributed by atoms with E-state index in [1.165, 1.54) is 11.3 Å². The average molecular weight is 292 g/mol. The van der Waals surface area contributed by atoms with E-state index in [1.54, 1.807) is 0 Å². The third kappa shape index (κ3) is 3.60. The van der Waals surface area contributed by atoms with Crippen LogP contribution in [0.1, 0.15) is 40.9 Å². The highest BCUT2D eigenvalue weighted by Crippen LogP contribution is 2.21. The van der Waals surface area contributed by atoms with Crippen molar-refractivity contribution in [1.82, 2.24) is 4.90 Å². The van der Waals surface area contributed by atoms with Gasteiger partial charge in [0.1, 0.15) is 0 Å². The van der Waals surface area contributed by atoms with Crippen LogP contribution in [-0.2, 0) is 0 Å². The van der Waals surface area contributed by atoms with Gasteiger partial charge >= 0.3 is 0 Å². The van der Waals surface area contributed by atoms with E-state index < -0.39 is 0 Å². The SMILES string of the molecule is NCC#Cc1cc(C(=O)N2CCCCCC2CO)cs1. The van der Waals surface area contributed by atoms with E-state index >= 15 is 0 Å². The van der Waals surface area contributed by atoms with Crippen molar-refractivity contribution in [2.45, 2.75) is 31.7 Å². The Morgan fingerprint density at radius 2 is 2.35 bits per heavy atom. The van der Waals surface area contributed by atoms with Crippen LogP contribution in [0, 0.1) is 11.8 Å². The Labute approximate surface area is 123 Å². The maximum Gasteiger partial charge on any atom is 0.255 e. The molecule has 0 saturated carbocycles. The maximum atomic E-state index is 12.6. The molecule has 0 aromatic carbocycles. The number of hydrogen-bond donors (Lipinski definition) is 2. The fourth-order valence-electron chi connectivity index (χ4n) is 2.45. The van der Waals surface area contributed by atoms with Gasteiger partial charge < -0.3 is 15.7 Å². The molecule has 0 radical (unpaired) electrons. The van der Waals surface area contributed by atoms with Gasteiger partial charge in [-0.1, -0.05) is 24.7 Å². The monoisotopic (exact) mass is 292 g/mol. The molecule has 1 unspecified atom stereocenters. The van der Waals surface area contributed by atoms with Crippen LogP contribution in [0.2, 0.25) is 0 Å². The first-order chi connectivity index (χ1) is 9.76. The highest BCUT2D eigenvalue weighted by Gasteiger charge is 2.26. The lowest BCUT2D eigenvalue weighted by Gasteiger charge is -2.28. The minimum atomic E-state index is -0.0523. The summed E-state index contributed by atoms with van der Waals surface area (Å²) in [5.74, 6) is 5.74. The Morgan fingerprint density at radius 3 is 3.10 bits per heavy atom. The first kappa shape index (κ1) is 15.0. The number of aliphatic hydroxyl groups excluding tert-OH is 1. The van der Waals surface area contributed by atoms with Crippen molar-refractivity contribution in [2.75, 3.05) is 19.7 Å². The number of thiophene rings is 1. The number of rotatable bonds is 2. The highest BCUT2D eigenvalue weighted by atomic mass is 32.1. The van der Waals surface area contributed by atoms with Crippen LogP contribution in [0.5, 0.6) is 0 Å². The predicted octanol–water partition coefficient (Wildman–Crippen LogP) is 1.44. The second-order valence-electron chi connectivity index (χ2n) is 4.89. The van der Waals surface area contributed by atoms with Crippen LogP contribution in [0.25, 0.3) is 0 Å². The molecule has 2 rings (SSSR count). The maximum absolute atomic E-state index is 12.6. The van der Waals surface area contributed by atoms with Gasteiger partial charge in [0, 0.05) is 11.9 Å². The van der Waals surface area contributed by atoms with E-state index in [2.05, 4.69) is 11.8 Å². The molecule has 3 N–H and O–H groups in total. The van der Waals surface area contributed by atoms with E-state index in [1.807, 2.05) is 16.3 Å². The number of amides is 1.